The Kier molecular flexibility index (Phi) is 2.73. The minimum absolute atomic E-state index is 0.336. The van der Waals surface area contributed by atoms with Gasteiger partial charge in [-0.15, -0.1) is 0 Å². The summed E-state index contributed by atoms with van der Waals surface area (Å²) in [5, 5.41) is 1.83. The van der Waals surface area contributed by atoms with Crippen molar-refractivity contribution in [2.75, 3.05) is 0 Å². The second-order valence-electron chi connectivity index (χ2n) is 2.75. The first-order valence-electron chi connectivity index (χ1n) is 4.21. The highest BCUT2D eigenvalue weighted by atomic mass is 32.2. The van der Waals surface area contributed by atoms with E-state index in [1.807, 2.05) is 0 Å². The standard InChI is InChI=1S/C10H7NO3S/c12-9-8(15-10(13)11-9)5-1-3-7-4-2-6-14-7/h1-6H,(H,11,12,13)/b3-1+,8-5+. The van der Waals surface area contributed by atoms with Gasteiger partial charge in [0.2, 0.25) is 0 Å². The van der Waals surface area contributed by atoms with Crippen LogP contribution < -0.4 is 5.32 Å². The number of allylic oxidation sites excluding steroid dienone is 2. The van der Waals surface area contributed by atoms with Crippen LogP contribution in [0.5, 0.6) is 0 Å². The zero-order chi connectivity index (χ0) is 10.7. The van der Waals surface area contributed by atoms with Gasteiger partial charge >= 0.3 is 0 Å². The molecule has 76 valence electrons. The monoisotopic (exact) mass is 221 g/mol. The highest BCUT2D eigenvalue weighted by Crippen LogP contribution is 2.22. The Bertz CT molecular complexity index is 445. The largest absolute Gasteiger partial charge is 0.465 e. The van der Waals surface area contributed by atoms with E-state index in [1.54, 1.807) is 36.6 Å². The van der Waals surface area contributed by atoms with Gasteiger partial charge < -0.3 is 4.42 Å². The molecule has 0 radical (unpaired) electrons. The van der Waals surface area contributed by atoms with Crippen molar-refractivity contribution in [1.29, 1.82) is 0 Å². The Hall–Kier alpha value is -1.75. The first kappa shape index (κ1) is 9.79. The Morgan fingerprint density at radius 2 is 2.27 bits per heavy atom. The molecule has 5 heteroatoms. The minimum atomic E-state index is -0.353. The molecule has 0 unspecified atom stereocenters. The van der Waals surface area contributed by atoms with Crippen LogP contribution >= 0.6 is 11.8 Å². The summed E-state index contributed by atoms with van der Waals surface area (Å²) < 4.78 is 5.06. The molecule has 1 aromatic heterocycles. The van der Waals surface area contributed by atoms with Crippen molar-refractivity contribution in [3.63, 3.8) is 0 Å². The minimum Gasteiger partial charge on any atom is -0.465 e. The Morgan fingerprint density at radius 3 is 2.87 bits per heavy atom. The van der Waals surface area contributed by atoms with Gasteiger partial charge in [0.1, 0.15) is 5.76 Å². The molecule has 1 aliphatic heterocycles. The van der Waals surface area contributed by atoms with Gasteiger partial charge in [-0.1, -0.05) is 6.08 Å². The number of nitrogens with one attached hydrogen (secondary N) is 1. The SMILES string of the molecule is O=C1NC(=O)/C(=C\C=C\c2ccco2)S1. The molecule has 0 spiro atoms. The third-order valence-electron chi connectivity index (χ3n) is 1.69. The van der Waals surface area contributed by atoms with Gasteiger partial charge in [-0.3, -0.25) is 14.9 Å². The lowest BCUT2D eigenvalue weighted by Crippen LogP contribution is -2.17. The number of amides is 2. The summed E-state index contributed by atoms with van der Waals surface area (Å²) in [6.07, 6.45) is 6.52. The Balaban J connectivity index is 2.06. The fourth-order valence-electron chi connectivity index (χ4n) is 1.05. The molecule has 0 atom stereocenters. The van der Waals surface area contributed by atoms with Crippen molar-refractivity contribution in [3.8, 4) is 0 Å². The number of carbonyl (C=O) groups excluding carboxylic acids is 2. The molecule has 15 heavy (non-hydrogen) atoms. The van der Waals surface area contributed by atoms with Crippen LogP contribution in [0, 0.1) is 0 Å². The van der Waals surface area contributed by atoms with Crippen molar-refractivity contribution in [2.24, 2.45) is 0 Å². The molecule has 0 aromatic carbocycles. The zero-order valence-corrected chi connectivity index (χ0v) is 8.41. The van der Waals surface area contributed by atoms with Crippen molar-refractivity contribution in [2.45, 2.75) is 0 Å². The van der Waals surface area contributed by atoms with Gasteiger partial charge in [-0.25, -0.2) is 0 Å². The lowest BCUT2D eigenvalue weighted by molar-refractivity contribution is -0.115. The van der Waals surface area contributed by atoms with Gasteiger partial charge in [0.05, 0.1) is 11.2 Å². The van der Waals surface area contributed by atoms with Crippen LogP contribution in [-0.2, 0) is 4.79 Å². The van der Waals surface area contributed by atoms with Crippen LogP contribution in [-0.4, -0.2) is 11.1 Å². The molecule has 1 aromatic rings. The van der Waals surface area contributed by atoms with Crippen LogP contribution in [0.15, 0.2) is 39.9 Å². The summed E-state index contributed by atoms with van der Waals surface area (Å²) in [6.45, 7) is 0. The van der Waals surface area contributed by atoms with Crippen molar-refractivity contribution in [1.82, 2.24) is 5.32 Å². The lowest BCUT2D eigenvalue weighted by atomic mass is 10.3. The van der Waals surface area contributed by atoms with E-state index in [9.17, 15) is 9.59 Å². The van der Waals surface area contributed by atoms with E-state index in [-0.39, 0.29) is 11.1 Å². The van der Waals surface area contributed by atoms with Crippen LogP contribution in [0.2, 0.25) is 0 Å². The van der Waals surface area contributed by atoms with E-state index in [0.29, 0.717) is 10.7 Å². The molecule has 2 amide bonds. The number of hydrogen-bond donors (Lipinski definition) is 1. The van der Waals surface area contributed by atoms with E-state index in [4.69, 9.17) is 4.42 Å². The topological polar surface area (TPSA) is 59.3 Å². The fourth-order valence-corrected chi connectivity index (χ4v) is 1.69. The predicted octanol–water partition coefficient (Wildman–Crippen LogP) is 2.16. The summed E-state index contributed by atoms with van der Waals surface area (Å²) in [7, 11) is 0. The molecule has 1 fully saturated rings. The van der Waals surface area contributed by atoms with Crippen molar-refractivity contribution in [3.05, 3.63) is 41.2 Å². The van der Waals surface area contributed by atoms with Gasteiger partial charge in [0.15, 0.2) is 0 Å². The van der Waals surface area contributed by atoms with Crippen LogP contribution in [0.25, 0.3) is 6.08 Å². The van der Waals surface area contributed by atoms with E-state index < -0.39 is 0 Å². The summed E-state index contributed by atoms with van der Waals surface area (Å²) in [6, 6.07) is 3.56. The fraction of sp³-hybridized carbons (Fsp3) is 0. The maximum atomic E-state index is 11.1. The number of furan rings is 1. The maximum absolute atomic E-state index is 11.1. The van der Waals surface area contributed by atoms with E-state index in [2.05, 4.69) is 5.32 Å². The second kappa shape index (κ2) is 4.18. The third kappa shape index (κ3) is 2.38. The molecule has 1 N–H and O–H groups in total. The highest BCUT2D eigenvalue weighted by Gasteiger charge is 2.24. The molecule has 0 bridgehead atoms. The Morgan fingerprint density at radius 1 is 1.40 bits per heavy atom. The zero-order valence-electron chi connectivity index (χ0n) is 7.60. The van der Waals surface area contributed by atoms with E-state index >= 15 is 0 Å². The average Bonchev–Trinajstić information content (AvgIpc) is 2.77. The van der Waals surface area contributed by atoms with E-state index in [0.717, 1.165) is 11.8 Å². The van der Waals surface area contributed by atoms with Crippen LogP contribution in [0.3, 0.4) is 0 Å². The molecular formula is C10H7NO3S. The van der Waals surface area contributed by atoms with Gasteiger partial charge in [0, 0.05) is 0 Å². The first-order chi connectivity index (χ1) is 7.25. The normalized spacial score (nSPS) is 19.1. The molecule has 2 heterocycles. The van der Waals surface area contributed by atoms with Crippen LogP contribution in [0.1, 0.15) is 5.76 Å². The molecular weight excluding hydrogens is 214 g/mol. The Labute approximate surface area is 90.0 Å². The van der Waals surface area contributed by atoms with Gasteiger partial charge in [0.25, 0.3) is 11.1 Å². The third-order valence-corrected chi connectivity index (χ3v) is 2.52. The second-order valence-corrected chi connectivity index (χ2v) is 3.76. The molecule has 4 nitrogen and oxygen atoms in total. The molecule has 2 rings (SSSR count). The number of thioether (sulfide) groups is 1. The summed E-state index contributed by atoms with van der Waals surface area (Å²) in [5.41, 5.74) is 0. The highest BCUT2D eigenvalue weighted by molar-refractivity contribution is 8.18. The summed E-state index contributed by atoms with van der Waals surface area (Å²) in [5.74, 6) is 0.343. The molecule has 0 saturated carbocycles. The smallest absolute Gasteiger partial charge is 0.290 e. The summed E-state index contributed by atoms with van der Waals surface area (Å²) >= 11 is 0.891. The number of rotatable bonds is 2. The molecule has 0 aliphatic carbocycles. The van der Waals surface area contributed by atoms with Gasteiger partial charge in [-0.2, -0.15) is 0 Å². The van der Waals surface area contributed by atoms with Gasteiger partial charge in [-0.05, 0) is 36.0 Å². The first-order valence-corrected chi connectivity index (χ1v) is 5.02. The average molecular weight is 221 g/mol. The number of imide groups is 1. The number of carbonyl (C=O) groups is 2. The predicted molar refractivity (Wildman–Crippen MR) is 57.0 cm³/mol. The molecule has 1 aliphatic rings. The van der Waals surface area contributed by atoms with Crippen molar-refractivity contribution >= 4 is 29.0 Å². The molecule has 1 saturated heterocycles. The maximum Gasteiger partial charge on any atom is 0.290 e. The number of hydrogen-bond acceptors (Lipinski definition) is 4. The lowest BCUT2D eigenvalue weighted by Gasteiger charge is -1.85. The van der Waals surface area contributed by atoms with Crippen LogP contribution in [0.4, 0.5) is 4.79 Å². The quantitative estimate of drug-likeness (QED) is 0.777. The van der Waals surface area contributed by atoms with Crippen molar-refractivity contribution < 1.29 is 14.0 Å². The van der Waals surface area contributed by atoms with E-state index in [1.165, 1.54) is 0 Å². The summed E-state index contributed by atoms with van der Waals surface area (Å²) in [4.78, 5) is 22.3.